The molecule has 0 N–H and O–H groups in total. The zero-order valence-corrected chi connectivity index (χ0v) is 9.11. The molecule has 3 atom stereocenters. The molecule has 0 aromatic rings. The Morgan fingerprint density at radius 3 is 3.27 bits per heavy atom. The second-order valence-corrected chi connectivity index (χ2v) is 4.75. The van der Waals surface area contributed by atoms with Gasteiger partial charge in [0.2, 0.25) is 5.91 Å². The Morgan fingerprint density at radius 2 is 2.47 bits per heavy atom. The number of hydrogen-bond donors (Lipinski definition) is 0. The van der Waals surface area contributed by atoms with E-state index in [0.29, 0.717) is 30.2 Å². The summed E-state index contributed by atoms with van der Waals surface area (Å²) in [4.78, 5) is 13.8. The number of ether oxygens (including phenoxy) is 1. The van der Waals surface area contributed by atoms with Crippen LogP contribution in [0.2, 0.25) is 0 Å². The summed E-state index contributed by atoms with van der Waals surface area (Å²) in [6.07, 6.45) is 5.17. The van der Waals surface area contributed by atoms with Crippen LogP contribution in [-0.4, -0.2) is 30.0 Å². The highest BCUT2D eigenvalue weighted by Crippen LogP contribution is 2.42. The number of rotatable bonds is 1. The first-order valence-corrected chi connectivity index (χ1v) is 5.93. The maximum Gasteiger partial charge on any atom is 0.223 e. The molecule has 0 aromatic carbocycles. The molecule has 0 spiro atoms. The second-order valence-electron chi connectivity index (χ2n) is 4.75. The largest absolute Gasteiger partial charge is 0.498 e. The number of carbonyl (C=O) groups is 1. The molecule has 0 aromatic heterocycles. The first-order chi connectivity index (χ1) is 7.29. The minimum Gasteiger partial charge on any atom is -0.498 e. The van der Waals surface area contributed by atoms with E-state index in [1.54, 1.807) is 0 Å². The van der Waals surface area contributed by atoms with Crippen molar-refractivity contribution in [3.63, 3.8) is 0 Å². The molecule has 2 heterocycles. The van der Waals surface area contributed by atoms with Gasteiger partial charge in [-0.25, -0.2) is 0 Å². The molecule has 2 aliphatic heterocycles. The standard InChI is InChI=1S/C12H17NO2/c1-2-13-10-5-8-3-4-15-11(8)6-9(10)7-12(13)14/h6,8-10H,2-5,7H2,1H3. The van der Waals surface area contributed by atoms with E-state index in [1.807, 2.05) is 0 Å². The van der Waals surface area contributed by atoms with E-state index < -0.39 is 0 Å². The van der Waals surface area contributed by atoms with Gasteiger partial charge >= 0.3 is 0 Å². The quantitative estimate of drug-likeness (QED) is 0.653. The summed E-state index contributed by atoms with van der Waals surface area (Å²) in [6.45, 7) is 3.80. The third kappa shape index (κ3) is 1.29. The molecule has 1 amide bonds. The van der Waals surface area contributed by atoms with Crippen molar-refractivity contribution in [3.8, 4) is 0 Å². The molecule has 1 aliphatic carbocycles. The number of likely N-dealkylation sites (tertiary alicyclic amines) is 1. The number of carbonyl (C=O) groups excluding carboxylic acids is 1. The Balaban J connectivity index is 1.88. The number of hydrogen-bond acceptors (Lipinski definition) is 2. The predicted molar refractivity (Wildman–Crippen MR) is 56.0 cm³/mol. The summed E-state index contributed by atoms with van der Waals surface area (Å²) in [5.41, 5.74) is 0. The maximum absolute atomic E-state index is 11.7. The molecule has 3 aliphatic rings. The Kier molecular flexibility index (Phi) is 2.01. The van der Waals surface area contributed by atoms with E-state index in [2.05, 4.69) is 17.9 Å². The summed E-state index contributed by atoms with van der Waals surface area (Å²) in [7, 11) is 0. The van der Waals surface area contributed by atoms with E-state index in [4.69, 9.17) is 4.74 Å². The molecule has 0 radical (unpaired) electrons. The molecule has 82 valence electrons. The molecule has 3 nitrogen and oxygen atoms in total. The van der Waals surface area contributed by atoms with Gasteiger partial charge in [-0.1, -0.05) is 0 Å². The number of allylic oxidation sites excluding steroid dienone is 1. The highest BCUT2D eigenvalue weighted by Gasteiger charge is 2.44. The van der Waals surface area contributed by atoms with Crippen LogP contribution < -0.4 is 0 Å². The van der Waals surface area contributed by atoms with Crippen molar-refractivity contribution in [2.75, 3.05) is 13.2 Å². The van der Waals surface area contributed by atoms with E-state index >= 15 is 0 Å². The third-order valence-corrected chi connectivity index (χ3v) is 4.01. The van der Waals surface area contributed by atoms with Gasteiger partial charge in [-0.2, -0.15) is 0 Å². The van der Waals surface area contributed by atoms with Gasteiger partial charge in [-0.05, 0) is 25.8 Å². The predicted octanol–water partition coefficient (Wildman–Crippen LogP) is 1.55. The fourth-order valence-corrected chi connectivity index (χ4v) is 3.25. The lowest BCUT2D eigenvalue weighted by molar-refractivity contribution is -0.128. The smallest absolute Gasteiger partial charge is 0.223 e. The van der Waals surface area contributed by atoms with Gasteiger partial charge in [0.05, 0.1) is 12.4 Å². The van der Waals surface area contributed by atoms with Gasteiger partial charge in [0.15, 0.2) is 0 Å². The SMILES string of the molecule is CCN1C(=O)CC2C=C3OCCC3CC21. The highest BCUT2D eigenvalue weighted by atomic mass is 16.5. The second kappa shape index (κ2) is 3.26. The lowest BCUT2D eigenvalue weighted by Gasteiger charge is -2.31. The van der Waals surface area contributed by atoms with E-state index in [1.165, 1.54) is 5.76 Å². The minimum absolute atomic E-state index is 0.323. The lowest BCUT2D eigenvalue weighted by atomic mass is 9.83. The fraction of sp³-hybridized carbons (Fsp3) is 0.750. The van der Waals surface area contributed by atoms with Gasteiger partial charge < -0.3 is 9.64 Å². The normalized spacial score (nSPS) is 38.5. The zero-order valence-electron chi connectivity index (χ0n) is 9.11. The Labute approximate surface area is 90.1 Å². The zero-order chi connectivity index (χ0) is 10.4. The molecule has 0 saturated carbocycles. The first-order valence-electron chi connectivity index (χ1n) is 5.93. The molecule has 15 heavy (non-hydrogen) atoms. The monoisotopic (exact) mass is 207 g/mol. The number of nitrogens with zero attached hydrogens (tertiary/aromatic N) is 1. The van der Waals surface area contributed by atoms with Crippen molar-refractivity contribution in [3.05, 3.63) is 11.8 Å². The summed E-state index contributed by atoms with van der Waals surface area (Å²) in [6, 6.07) is 0.456. The first kappa shape index (κ1) is 9.25. The van der Waals surface area contributed by atoms with Crippen LogP contribution in [0.3, 0.4) is 0 Å². The number of amides is 1. The summed E-state index contributed by atoms with van der Waals surface area (Å²) < 4.78 is 5.60. The van der Waals surface area contributed by atoms with Crippen LogP contribution in [0.4, 0.5) is 0 Å². The van der Waals surface area contributed by atoms with Gasteiger partial charge in [-0.15, -0.1) is 0 Å². The van der Waals surface area contributed by atoms with Crippen molar-refractivity contribution in [2.24, 2.45) is 11.8 Å². The molecule has 3 heteroatoms. The summed E-state index contributed by atoms with van der Waals surface area (Å²) in [5.74, 6) is 2.50. The Bertz CT molecular complexity index is 324. The van der Waals surface area contributed by atoms with Crippen molar-refractivity contribution >= 4 is 5.91 Å². The van der Waals surface area contributed by atoms with Crippen LogP contribution in [-0.2, 0) is 9.53 Å². The highest BCUT2D eigenvalue weighted by molar-refractivity contribution is 5.79. The van der Waals surface area contributed by atoms with Crippen LogP contribution >= 0.6 is 0 Å². The average Bonchev–Trinajstić information content (AvgIpc) is 2.76. The topological polar surface area (TPSA) is 29.5 Å². The van der Waals surface area contributed by atoms with Gasteiger partial charge in [0, 0.05) is 30.8 Å². The molecule has 3 rings (SSSR count). The Hall–Kier alpha value is -0.990. The molecular weight excluding hydrogens is 190 g/mol. The van der Waals surface area contributed by atoms with E-state index in [0.717, 1.165) is 26.0 Å². The molecular formula is C12H17NO2. The summed E-state index contributed by atoms with van der Waals surface area (Å²) in [5, 5.41) is 0. The van der Waals surface area contributed by atoms with Gasteiger partial charge in [-0.3, -0.25) is 4.79 Å². The van der Waals surface area contributed by atoms with Gasteiger partial charge in [0.1, 0.15) is 0 Å². The van der Waals surface area contributed by atoms with Crippen molar-refractivity contribution in [1.82, 2.24) is 4.90 Å². The molecule has 3 unspecified atom stereocenters. The van der Waals surface area contributed by atoms with E-state index in [-0.39, 0.29) is 0 Å². The average molecular weight is 207 g/mol. The van der Waals surface area contributed by atoms with Crippen LogP contribution in [0, 0.1) is 11.8 Å². The summed E-state index contributed by atoms with van der Waals surface area (Å²) >= 11 is 0. The van der Waals surface area contributed by atoms with Crippen molar-refractivity contribution in [1.29, 1.82) is 0 Å². The van der Waals surface area contributed by atoms with Crippen molar-refractivity contribution in [2.45, 2.75) is 32.2 Å². The minimum atomic E-state index is 0.323. The third-order valence-electron chi connectivity index (χ3n) is 4.01. The van der Waals surface area contributed by atoms with E-state index in [9.17, 15) is 4.79 Å². The lowest BCUT2D eigenvalue weighted by Crippen LogP contribution is -2.37. The molecule has 0 bridgehead atoms. The fourth-order valence-electron chi connectivity index (χ4n) is 3.25. The molecule has 2 saturated heterocycles. The number of fused-ring (bicyclic) bond motifs is 2. The van der Waals surface area contributed by atoms with Crippen LogP contribution in [0.5, 0.6) is 0 Å². The van der Waals surface area contributed by atoms with Crippen molar-refractivity contribution < 1.29 is 9.53 Å². The van der Waals surface area contributed by atoms with Crippen LogP contribution in [0.1, 0.15) is 26.2 Å². The van der Waals surface area contributed by atoms with Gasteiger partial charge in [0.25, 0.3) is 0 Å². The molecule has 2 fully saturated rings. The van der Waals surface area contributed by atoms with Crippen LogP contribution in [0.15, 0.2) is 11.8 Å². The maximum atomic E-state index is 11.7. The van der Waals surface area contributed by atoms with Crippen LogP contribution in [0.25, 0.3) is 0 Å². The Morgan fingerprint density at radius 1 is 1.60 bits per heavy atom.